The molecule has 0 saturated heterocycles. The zero-order chi connectivity index (χ0) is 11.3. The Morgan fingerprint density at radius 3 is 2.40 bits per heavy atom. The summed E-state index contributed by atoms with van der Waals surface area (Å²) in [6.07, 6.45) is -0.751. The van der Waals surface area contributed by atoms with E-state index in [4.69, 9.17) is 8.92 Å². The van der Waals surface area contributed by atoms with E-state index in [0.717, 1.165) is 0 Å². The van der Waals surface area contributed by atoms with Crippen LogP contribution < -0.4 is 0 Å². The van der Waals surface area contributed by atoms with Crippen LogP contribution in [0.3, 0.4) is 0 Å². The zero-order valence-electron chi connectivity index (χ0n) is 8.71. The van der Waals surface area contributed by atoms with Gasteiger partial charge < -0.3 is 4.74 Å². The van der Waals surface area contributed by atoms with Crippen LogP contribution in [-0.2, 0) is 24.8 Å². The lowest BCUT2D eigenvalue weighted by Gasteiger charge is -2.10. The van der Waals surface area contributed by atoms with E-state index < -0.39 is 16.4 Å². The molecule has 4 nitrogen and oxygen atoms in total. The Bertz CT molecular complexity index is 385. The fourth-order valence-corrected chi connectivity index (χ4v) is 2.22. The molecule has 0 bridgehead atoms. The van der Waals surface area contributed by atoms with Gasteiger partial charge in [-0.3, -0.25) is 0 Å². The molecule has 15 heavy (non-hydrogen) atoms. The van der Waals surface area contributed by atoms with E-state index in [2.05, 4.69) is 0 Å². The summed E-state index contributed by atoms with van der Waals surface area (Å²) in [6, 6.07) is 8.86. The number of hydrogen-bond acceptors (Lipinski definition) is 4. The minimum absolute atomic E-state index is 0.137. The fraction of sp³-hybridized carbons (Fsp3) is 0.400. The predicted molar refractivity (Wildman–Crippen MR) is 56.6 cm³/mol. The SMILES string of the molecule is COC(C)OS(=O)(=O)Cc1ccccc1. The third-order valence-corrected chi connectivity index (χ3v) is 3.05. The third kappa shape index (κ3) is 4.42. The third-order valence-electron chi connectivity index (χ3n) is 1.80. The average Bonchev–Trinajstić information content (AvgIpc) is 2.17. The van der Waals surface area contributed by atoms with Crippen molar-refractivity contribution in [3.63, 3.8) is 0 Å². The summed E-state index contributed by atoms with van der Waals surface area (Å²) in [5.74, 6) is -0.137. The second-order valence-corrected chi connectivity index (χ2v) is 4.68. The van der Waals surface area contributed by atoms with Gasteiger partial charge in [0.05, 0.1) is 0 Å². The standard InChI is InChI=1S/C10H14O4S/c1-9(13-2)14-15(11,12)8-10-6-4-3-5-7-10/h3-7,9H,8H2,1-2H3. The summed E-state index contributed by atoms with van der Waals surface area (Å²) >= 11 is 0. The van der Waals surface area contributed by atoms with Crippen LogP contribution in [0.2, 0.25) is 0 Å². The van der Waals surface area contributed by atoms with Crippen LogP contribution in [0.25, 0.3) is 0 Å². The van der Waals surface area contributed by atoms with Gasteiger partial charge in [-0.25, -0.2) is 4.18 Å². The molecule has 1 atom stereocenters. The summed E-state index contributed by atoms with van der Waals surface area (Å²) in [5.41, 5.74) is 0.695. The Morgan fingerprint density at radius 1 is 1.27 bits per heavy atom. The maximum Gasteiger partial charge on any atom is 0.274 e. The van der Waals surface area contributed by atoms with Crippen LogP contribution in [0.5, 0.6) is 0 Å². The highest BCUT2D eigenvalue weighted by atomic mass is 32.2. The minimum Gasteiger partial charge on any atom is -0.355 e. The first kappa shape index (κ1) is 12.2. The van der Waals surface area contributed by atoms with Crippen LogP contribution >= 0.6 is 0 Å². The van der Waals surface area contributed by atoms with E-state index in [-0.39, 0.29) is 5.75 Å². The topological polar surface area (TPSA) is 52.6 Å². The Balaban J connectivity index is 2.65. The van der Waals surface area contributed by atoms with E-state index in [1.165, 1.54) is 14.0 Å². The second-order valence-electron chi connectivity index (χ2n) is 3.09. The highest BCUT2D eigenvalue weighted by Gasteiger charge is 2.16. The molecule has 5 heteroatoms. The molecule has 0 N–H and O–H groups in total. The Hall–Kier alpha value is -0.910. The molecule has 0 saturated carbocycles. The first-order chi connectivity index (χ1) is 7.03. The Labute approximate surface area is 90.0 Å². The van der Waals surface area contributed by atoms with Crippen molar-refractivity contribution in [1.82, 2.24) is 0 Å². The summed E-state index contributed by atoms with van der Waals surface area (Å²) in [7, 11) is -2.18. The van der Waals surface area contributed by atoms with Gasteiger partial charge in [0.1, 0.15) is 5.75 Å². The molecule has 84 valence electrons. The smallest absolute Gasteiger partial charge is 0.274 e. The molecule has 1 unspecified atom stereocenters. The predicted octanol–water partition coefficient (Wildman–Crippen LogP) is 1.53. The monoisotopic (exact) mass is 230 g/mol. The quantitative estimate of drug-likeness (QED) is 0.568. The van der Waals surface area contributed by atoms with Crippen LogP contribution in [0.4, 0.5) is 0 Å². The lowest BCUT2D eigenvalue weighted by Crippen LogP contribution is -2.18. The molecular formula is C10H14O4S. The van der Waals surface area contributed by atoms with Gasteiger partial charge in [-0.1, -0.05) is 30.3 Å². The van der Waals surface area contributed by atoms with Crippen molar-refractivity contribution in [3.8, 4) is 0 Å². The van der Waals surface area contributed by atoms with Crippen LogP contribution in [0, 0.1) is 0 Å². The van der Waals surface area contributed by atoms with E-state index in [9.17, 15) is 8.42 Å². The maximum atomic E-state index is 11.5. The molecule has 0 heterocycles. The van der Waals surface area contributed by atoms with Gasteiger partial charge >= 0.3 is 0 Å². The van der Waals surface area contributed by atoms with Gasteiger partial charge in [-0.05, 0) is 12.5 Å². The Morgan fingerprint density at radius 2 is 1.87 bits per heavy atom. The molecule has 1 aromatic carbocycles. The van der Waals surface area contributed by atoms with Gasteiger partial charge in [-0.2, -0.15) is 8.42 Å². The molecule has 0 fully saturated rings. The van der Waals surface area contributed by atoms with Crippen molar-refractivity contribution in [2.45, 2.75) is 19.0 Å². The van der Waals surface area contributed by atoms with Gasteiger partial charge in [0.15, 0.2) is 6.29 Å². The molecular weight excluding hydrogens is 216 g/mol. The van der Waals surface area contributed by atoms with Gasteiger partial charge in [0, 0.05) is 7.11 Å². The molecule has 0 aliphatic rings. The average molecular weight is 230 g/mol. The van der Waals surface area contributed by atoms with E-state index in [0.29, 0.717) is 5.56 Å². The normalized spacial score (nSPS) is 13.7. The van der Waals surface area contributed by atoms with Crippen molar-refractivity contribution in [1.29, 1.82) is 0 Å². The molecule has 0 aliphatic heterocycles. The lowest BCUT2D eigenvalue weighted by molar-refractivity contribution is -0.0337. The van der Waals surface area contributed by atoms with Crippen molar-refractivity contribution >= 4 is 10.1 Å². The first-order valence-corrected chi connectivity index (χ1v) is 6.09. The van der Waals surface area contributed by atoms with Crippen molar-refractivity contribution in [2.24, 2.45) is 0 Å². The number of hydrogen-bond donors (Lipinski definition) is 0. The summed E-state index contributed by atoms with van der Waals surface area (Å²) in [6.45, 7) is 1.53. The lowest BCUT2D eigenvalue weighted by atomic mass is 10.2. The molecule has 0 aromatic heterocycles. The van der Waals surface area contributed by atoms with E-state index in [1.807, 2.05) is 6.07 Å². The summed E-state index contributed by atoms with van der Waals surface area (Å²) in [4.78, 5) is 0. The second kappa shape index (κ2) is 5.25. The van der Waals surface area contributed by atoms with E-state index >= 15 is 0 Å². The van der Waals surface area contributed by atoms with Gasteiger partial charge in [-0.15, -0.1) is 0 Å². The summed E-state index contributed by atoms with van der Waals surface area (Å²) < 4.78 is 32.4. The molecule has 1 rings (SSSR count). The number of ether oxygens (including phenoxy) is 1. The van der Waals surface area contributed by atoms with E-state index in [1.54, 1.807) is 24.3 Å². The molecule has 0 aliphatic carbocycles. The molecule has 1 aromatic rings. The van der Waals surface area contributed by atoms with Crippen LogP contribution in [0.1, 0.15) is 12.5 Å². The van der Waals surface area contributed by atoms with Crippen LogP contribution in [0.15, 0.2) is 30.3 Å². The van der Waals surface area contributed by atoms with Crippen LogP contribution in [-0.4, -0.2) is 21.8 Å². The van der Waals surface area contributed by atoms with Crippen molar-refractivity contribution in [3.05, 3.63) is 35.9 Å². The molecule has 0 amide bonds. The highest BCUT2D eigenvalue weighted by molar-refractivity contribution is 7.85. The number of rotatable bonds is 5. The number of benzene rings is 1. The number of methoxy groups -OCH3 is 1. The van der Waals surface area contributed by atoms with Gasteiger partial charge in [0.25, 0.3) is 10.1 Å². The summed E-state index contributed by atoms with van der Waals surface area (Å²) in [5, 5.41) is 0. The molecule has 0 radical (unpaired) electrons. The van der Waals surface area contributed by atoms with Crippen molar-refractivity contribution in [2.75, 3.05) is 7.11 Å². The van der Waals surface area contributed by atoms with Gasteiger partial charge in [0.2, 0.25) is 0 Å². The minimum atomic E-state index is -3.57. The fourth-order valence-electron chi connectivity index (χ4n) is 1.06. The Kier molecular flexibility index (Phi) is 4.26. The maximum absolute atomic E-state index is 11.5. The van der Waals surface area contributed by atoms with Crippen molar-refractivity contribution < 1.29 is 17.3 Å². The zero-order valence-corrected chi connectivity index (χ0v) is 9.53. The largest absolute Gasteiger partial charge is 0.355 e. The molecule has 0 spiro atoms. The first-order valence-electron chi connectivity index (χ1n) is 4.51. The highest BCUT2D eigenvalue weighted by Crippen LogP contribution is 2.09.